The molecule has 3 nitrogen and oxygen atoms in total. The van der Waals surface area contributed by atoms with Crippen LogP contribution in [0.4, 0.5) is 17.1 Å². The van der Waals surface area contributed by atoms with E-state index in [1.54, 1.807) is 7.11 Å². The quantitative estimate of drug-likeness (QED) is 0.824. The number of benzene rings is 2. The molecule has 0 saturated heterocycles. The highest BCUT2D eigenvalue weighted by atomic mass is 79.9. The molecule has 0 aliphatic heterocycles. The highest BCUT2D eigenvalue weighted by molar-refractivity contribution is 9.10. The molecule has 19 heavy (non-hydrogen) atoms. The summed E-state index contributed by atoms with van der Waals surface area (Å²) in [4.78, 5) is 0. The maximum Gasteiger partial charge on any atom is 0.145 e. The van der Waals surface area contributed by atoms with E-state index in [9.17, 15) is 0 Å². The molecule has 4 heteroatoms. The molecule has 100 valence electrons. The van der Waals surface area contributed by atoms with Gasteiger partial charge in [0.05, 0.1) is 24.2 Å². The first kappa shape index (κ1) is 13.7. The maximum absolute atomic E-state index is 6.00. The minimum Gasteiger partial charge on any atom is -0.494 e. The molecule has 0 aliphatic rings. The first-order valence-corrected chi connectivity index (χ1v) is 6.78. The van der Waals surface area contributed by atoms with Gasteiger partial charge >= 0.3 is 0 Å². The van der Waals surface area contributed by atoms with E-state index in [0.717, 1.165) is 27.2 Å². The molecule has 0 radical (unpaired) electrons. The van der Waals surface area contributed by atoms with Crippen LogP contribution in [0.2, 0.25) is 0 Å². The van der Waals surface area contributed by atoms with Crippen molar-refractivity contribution >= 4 is 33.0 Å². The van der Waals surface area contributed by atoms with E-state index in [-0.39, 0.29) is 0 Å². The number of anilines is 3. The zero-order valence-electron chi connectivity index (χ0n) is 11.3. The maximum atomic E-state index is 6.00. The lowest BCUT2D eigenvalue weighted by atomic mass is 10.1. The van der Waals surface area contributed by atoms with Gasteiger partial charge in [0, 0.05) is 4.47 Å². The fourth-order valence-corrected chi connectivity index (χ4v) is 2.49. The topological polar surface area (TPSA) is 47.3 Å². The summed E-state index contributed by atoms with van der Waals surface area (Å²) < 4.78 is 6.42. The Labute approximate surface area is 121 Å². The normalized spacial score (nSPS) is 10.3. The van der Waals surface area contributed by atoms with E-state index < -0.39 is 0 Å². The van der Waals surface area contributed by atoms with Crippen LogP contribution in [-0.4, -0.2) is 7.11 Å². The smallest absolute Gasteiger partial charge is 0.145 e. The minimum atomic E-state index is 0.690. The van der Waals surface area contributed by atoms with Gasteiger partial charge in [-0.1, -0.05) is 22.0 Å². The van der Waals surface area contributed by atoms with Crippen LogP contribution in [-0.2, 0) is 0 Å². The van der Waals surface area contributed by atoms with E-state index in [2.05, 4.69) is 34.2 Å². The number of hydrogen-bond acceptors (Lipinski definition) is 3. The van der Waals surface area contributed by atoms with Crippen LogP contribution in [0.1, 0.15) is 11.1 Å². The van der Waals surface area contributed by atoms with Gasteiger partial charge in [-0.2, -0.15) is 0 Å². The van der Waals surface area contributed by atoms with E-state index in [1.807, 2.05) is 31.2 Å². The summed E-state index contributed by atoms with van der Waals surface area (Å²) in [7, 11) is 1.67. The van der Waals surface area contributed by atoms with Gasteiger partial charge in [0.2, 0.25) is 0 Å². The van der Waals surface area contributed by atoms with Gasteiger partial charge in [0.25, 0.3) is 0 Å². The average molecular weight is 321 g/mol. The Kier molecular flexibility index (Phi) is 4.00. The summed E-state index contributed by atoms with van der Waals surface area (Å²) >= 11 is 3.40. The molecule has 0 bridgehead atoms. The molecule has 0 amide bonds. The van der Waals surface area contributed by atoms with Crippen molar-refractivity contribution in [3.63, 3.8) is 0 Å². The number of nitrogen functional groups attached to an aromatic ring is 1. The monoisotopic (exact) mass is 320 g/mol. The van der Waals surface area contributed by atoms with Crippen LogP contribution in [0.3, 0.4) is 0 Å². The van der Waals surface area contributed by atoms with Gasteiger partial charge in [-0.05, 0) is 49.2 Å². The third-order valence-electron chi connectivity index (χ3n) is 2.91. The summed E-state index contributed by atoms with van der Waals surface area (Å²) in [6, 6.07) is 9.91. The Hall–Kier alpha value is -1.68. The molecule has 2 rings (SSSR count). The zero-order valence-corrected chi connectivity index (χ0v) is 12.8. The second kappa shape index (κ2) is 5.53. The Morgan fingerprint density at radius 2 is 1.84 bits per heavy atom. The van der Waals surface area contributed by atoms with Crippen LogP contribution in [0.25, 0.3) is 0 Å². The van der Waals surface area contributed by atoms with Crippen molar-refractivity contribution in [2.24, 2.45) is 0 Å². The Morgan fingerprint density at radius 3 is 2.47 bits per heavy atom. The zero-order chi connectivity index (χ0) is 14.0. The molecular weight excluding hydrogens is 304 g/mol. The van der Waals surface area contributed by atoms with Crippen LogP contribution in [0.5, 0.6) is 5.75 Å². The fourth-order valence-electron chi connectivity index (χ4n) is 2.11. The molecule has 0 unspecified atom stereocenters. The van der Waals surface area contributed by atoms with Crippen LogP contribution in [0, 0.1) is 13.8 Å². The molecule has 0 atom stereocenters. The number of methoxy groups -OCH3 is 1. The van der Waals surface area contributed by atoms with Gasteiger partial charge in [0.15, 0.2) is 0 Å². The van der Waals surface area contributed by atoms with E-state index in [1.165, 1.54) is 5.56 Å². The molecule has 0 saturated carbocycles. The Morgan fingerprint density at radius 1 is 1.11 bits per heavy atom. The molecule has 0 aliphatic carbocycles. The molecule has 0 heterocycles. The first-order chi connectivity index (χ1) is 9.01. The second-order valence-electron chi connectivity index (χ2n) is 4.52. The fraction of sp³-hybridized carbons (Fsp3) is 0.200. The Balaban J connectivity index is 2.42. The average Bonchev–Trinajstić information content (AvgIpc) is 2.32. The summed E-state index contributed by atoms with van der Waals surface area (Å²) in [5, 5.41) is 3.33. The molecule has 0 fully saturated rings. The van der Waals surface area contributed by atoms with Crippen molar-refractivity contribution in [3.05, 3.63) is 45.9 Å². The first-order valence-electron chi connectivity index (χ1n) is 5.98. The van der Waals surface area contributed by atoms with Crippen molar-refractivity contribution in [2.45, 2.75) is 13.8 Å². The van der Waals surface area contributed by atoms with Crippen molar-refractivity contribution < 1.29 is 4.74 Å². The van der Waals surface area contributed by atoms with Crippen LogP contribution < -0.4 is 15.8 Å². The number of rotatable bonds is 3. The van der Waals surface area contributed by atoms with E-state index >= 15 is 0 Å². The van der Waals surface area contributed by atoms with Crippen molar-refractivity contribution in [3.8, 4) is 5.75 Å². The lowest BCUT2D eigenvalue weighted by Gasteiger charge is -2.16. The van der Waals surface area contributed by atoms with Crippen molar-refractivity contribution in [1.82, 2.24) is 0 Å². The van der Waals surface area contributed by atoms with Gasteiger partial charge in [-0.3, -0.25) is 0 Å². The molecule has 2 aromatic rings. The predicted octanol–water partition coefficient (Wildman–Crippen LogP) is 4.40. The third kappa shape index (κ3) is 3.01. The van der Waals surface area contributed by atoms with Crippen molar-refractivity contribution in [1.29, 1.82) is 0 Å². The number of hydrogen-bond donors (Lipinski definition) is 2. The molecule has 3 N–H and O–H groups in total. The van der Waals surface area contributed by atoms with E-state index in [4.69, 9.17) is 10.5 Å². The number of nitrogens with one attached hydrogen (secondary N) is 1. The number of ether oxygens (including phenoxy) is 1. The van der Waals surface area contributed by atoms with Gasteiger partial charge in [-0.25, -0.2) is 0 Å². The van der Waals surface area contributed by atoms with Gasteiger partial charge in [0.1, 0.15) is 5.75 Å². The minimum absolute atomic E-state index is 0.690. The largest absolute Gasteiger partial charge is 0.494 e. The SMILES string of the molecule is COc1c(C)cc(C)cc1Nc1ccc(Br)cc1N. The highest BCUT2D eigenvalue weighted by Gasteiger charge is 2.09. The van der Waals surface area contributed by atoms with Crippen LogP contribution in [0.15, 0.2) is 34.8 Å². The third-order valence-corrected chi connectivity index (χ3v) is 3.40. The molecule has 0 aromatic heterocycles. The van der Waals surface area contributed by atoms with E-state index in [0.29, 0.717) is 5.69 Å². The van der Waals surface area contributed by atoms with Gasteiger partial charge in [-0.15, -0.1) is 0 Å². The summed E-state index contributed by atoms with van der Waals surface area (Å²) in [5.41, 5.74) is 10.8. The van der Waals surface area contributed by atoms with Gasteiger partial charge < -0.3 is 15.8 Å². The number of nitrogens with two attached hydrogens (primary N) is 1. The molecular formula is C15H17BrN2O. The second-order valence-corrected chi connectivity index (χ2v) is 5.43. The summed E-state index contributed by atoms with van der Waals surface area (Å²) in [5.74, 6) is 0.841. The number of aryl methyl sites for hydroxylation is 2. The lowest BCUT2D eigenvalue weighted by Crippen LogP contribution is -2.00. The Bertz CT molecular complexity index is 611. The highest BCUT2D eigenvalue weighted by Crippen LogP contribution is 2.34. The predicted molar refractivity (Wildman–Crippen MR) is 84.3 cm³/mol. The van der Waals surface area contributed by atoms with Crippen molar-refractivity contribution in [2.75, 3.05) is 18.2 Å². The molecule has 0 spiro atoms. The lowest BCUT2D eigenvalue weighted by molar-refractivity contribution is 0.413. The van der Waals surface area contributed by atoms with Crippen LogP contribution >= 0.6 is 15.9 Å². The summed E-state index contributed by atoms with van der Waals surface area (Å²) in [6.07, 6.45) is 0. The molecule has 2 aromatic carbocycles. The standard InChI is InChI=1S/C15H17BrN2O/c1-9-6-10(2)15(19-3)14(7-9)18-13-5-4-11(16)8-12(13)17/h4-8,18H,17H2,1-3H3. The summed E-state index contributed by atoms with van der Waals surface area (Å²) in [6.45, 7) is 4.09. The number of halogens is 1.